The first-order chi connectivity index (χ1) is 5.70. The summed E-state index contributed by atoms with van der Waals surface area (Å²) in [7, 11) is 1.48. The van der Waals surface area contributed by atoms with E-state index >= 15 is 0 Å². The fourth-order valence-corrected chi connectivity index (χ4v) is 0.787. The third-order valence-corrected chi connectivity index (χ3v) is 1.49. The van der Waals surface area contributed by atoms with Crippen LogP contribution in [0.15, 0.2) is 0 Å². The summed E-state index contributed by atoms with van der Waals surface area (Å²) in [5.41, 5.74) is 0. The molecule has 0 rings (SSSR count). The van der Waals surface area contributed by atoms with Gasteiger partial charge in [0.1, 0.15) is 0 Å². The Labute approximate surface area is 72.7 Å². The number of amides is 3. The average molecular weight is 172 g/mol. The molecule has 4 heteroatoms. The number of imide groups is 1. The Kier molecular flexibility index (Phi) is 6.05. The van der Waals surface area contributed by atoms with E-state index in [2.05, 4.69) is 17.6 Å². The van der Waals surface area contributed by atoms with Crippen molar-refractivity contribution in [3.63, 3.8) is 0 Å². The van der Waals surface area contributed by atoms with Crippen LogP contribution in [0.5, 0.6) is 0 Å². The van der Waals surface area contributed by atoms with Crippen LogP contribution in [-0.2, 0) is 4.79 Å². The first kappa shape index (κ1) is 10.9. The summed E-state index contributed by atoms with van der Waals surface area (Å²) in [6, 6.07) is -0.434. The molecule has 0 saturated carbocycles. The summed E-state index contributed by atoms with van der Waals surface area (Å²) in [5, 5.41) is 4.51. The van der Waals surface area contributed by atoms with Crippen molar-refractivity contribution in [1.29, 1.82) is 0 Å². The molecule has 0 unspecified atom stereocenters. The molecule has 0 heterocycles. The zero-order valence-electron chi connectivity index (χ0n) is 7.64. The third kappa shape index (κ3) is 5.70. The van der Waals surface area contributed by atoms with Crippen LogP contribution in [0.3, 0.4) is 0 Å². The van der Waals surface area contributed by atoms with Crippen LogP contribution in [0.1, 0.15) is 32.6 Å². The summed E-state index contributed by atoms with van der Waals surface area (Å²) in [6.07, 6.45) is 3.38. The van der Waals surface area contributed by atoms with Gasteiger partial charge >= 0.3 is 6.03 Å². The maximum atomic E-state index is 10.9. The SMILES string of the molecule is CCCCCC(=O)NC(=O)NC. The van der Waals surface area contributed by atoms with Crippen molar-refractivity contribution in [3.8, 4) is 0 Å². The molecule has 12 heavy (non-hydrogen) atoms. The van der Waals surface area contributed by atoms with E-state index in [1.54, 1.807) is 0 Å². The average Bonchev–Trinajstić information content (AvgIpc) is 2.05. The van der Waals surface area contributed by atoms with Crippen molar-refractivity contribution in [2.24, 2.45) is 0 Å². The number of unbranched alkanes of at least 4 members (excludes halogenated alkanes) is 2. The van der Waals surface area contributed by atoms with Crippen molar-refractivity contribution in [2.75, 3.05) is 7.05 Å². The quantitative estimate of drug-likeness (QED) is 0.622. The largest absolute Gasteiger partial charge is 0.341 e. The van der Waals surface area contributed by atoms with E-state index in [0.717, 1.165) is 19.3 Å². The van der Waals surface area contributed by atoms with E-state index in [4.69, 9.17) is 0 Å². The van der Waals surface area contributed by atoms with Crippen LogP contribution in [0.25, 0.3) is 0 Å². The predicted molar refractivity (Wildman–Crippen MR) is 46.7 cm³/mol. The second-order valence-electron chi connectivity index (χ2n) is 2.58. The number of hydrogen-bond acceptors (Lipinski definition) is 2. The lowest BCUT2D eigenvalue weighted by molar-refractivity contribution is -0.120. The molecule has 70 valence electrons. The molecule has 0 saturated heterocycles. The van der Waals surface area contributed by atoms with Gasteiger partial charge in [-0.15, -0.1) is 0 Å². The fraction of sp³-hybridized carbons (Fsp3) is 0.750. The van der Waals surface area contributed by atoms with Gasteiger partial charge in [0.05, 0.1) is 0 Å². The highest BCUT2D eigenvalue weighted by Crippen LogP contribution is 1.97. The minimum absolute atomic E-state index is 0.206. The third-order valence-electron chi connectivity index (χ3n) is 1.49. The summed E-state index contributed by atoms with van der Waals surface area (Å²) in [6.45, 7) is 2.07. The van der Waals surface area contributed by atoms with Crippen LogP contribution >= 0.6 is 0 Å². The van der Waals surface area contributed by atoms with Crippen molar-refractivity contribution in [2.45, 2.75) is 32.6 Å². The molecular formula is C8H16N2O2. The van der Waals surface area contributed by atoms with Crippen LogP contribution in [0.2, 0.25) is 0 Å². The maximum Gasteiger partial charge on any atom is 0.321 e. The Hall–Kier alpha value is -1.06. The predicted octanol–water partition coefficient (Wildman–Crippen LogP) is 1.02. The number of carbonyl (C=O) groups is 2. The van der Waals surface area contributed by atoms with Gasteiger partial charge in [-0.3, -0.25) is 10.1 Å². The molecule has 3 amide bonds. The van der Waals surface area contributed by atoms with Crippen molar-refractivity contribution in [1.82, 2.24) is 10.6 Å². The summed E-state index contributed by atoms with van der Waals surface area (Å²) < 4.78 is 0. The van der Waals surface area contributed by atoms with Gasteiger partial charge in [-0.2, -0.15) is 0 Å². The second-order valence-corrected chi connectivity index (χ2v) is 2.58. The molecule has 0 radical (unpaired) electrons. The lowest BCUT2D eigenvalue weighted by Crippen LogP contribution is -2.37. The van der Waals surface area contributed by atoms with Crippen molar-refractivity contribution >= 4 is 11.9 Å². The van der Waals surface area contributed by atoms with E-state index in [1.807, 2.05) is 0 Å². The van der Waals surface area contributed by atoms with Gasteiger partial charge < -0.3 is 5.32 Å². The molecule has 0 fully saturated rings. The van der Waals surface area contributed by atoms with E-state index in [0.29, 0.717) is 6.42 Å². The molecule has 0 spiro atoms. The van der Waals surface area contributed by atoms with Crippen LogP contribution in [-0.4, -0.2) is 19.0 Å². The van der Waals surface area contributed by atoms with E-state index < -0.39 is 6.03 Å². The molecule has 0 aromatic heterocycles. The molecular weight excluding hydrogens is 156 g/mol. The zero-order valence-corrected chi connectivity index (χ0v) is 7.64. The van der Waals surface area contributed by atoms with Crippen LogP contribution in [0, 0.1) is 0 Å². The molecule has 4 nitrogen and oxygen atoms in total. The summed E-state index contributed by atoms with van der Waals surface area (Å²) in [4.78, 5) is 21.5. The first-order valence-corrected chi connectivity index (χ1v) is 4.22. The fourth-order valence-electron chi connectivity index (χ4n) is 0.787. The zero-order chi connectivity index (χ0) is 9.40. The Morgan fingerprint density at radius 1 is 1.25 bits per heavy atom. The summed E-state index contributed by atoms with van der Waals surface area (Å²) >= 11 is 0. The van der Waals surface area contributed by atoms with Gasteiger partial charge in [0.15, 0.2) is 0 Å². The second kappa shape index (κ2) is 6.64. The topological polar surface area (TPSA) is 58.2 Å². The molecule has 2 N–H and O–H groups in total. The van der Waals surface area contributed by atoms with Gasteiger partial charge in [-0.25, -0.2) is 4.79 Å². The van der Waals surface area contributed by atoms with Crippen molar-refractivity contribution < 1.29 is 9.59 Å². The molecule has 0 aliphatic heterocycles. The Morgan fingerprint density at radius 3 is 2.42 bits per heavy atom. The number of nitrogens with one attached hydrogen (secondary N) is 2. The van der Waals surface area contributed by atoms with Gasteiger partial charge in [0.2, 0.25) is 5.91 Å². The first-order valence-electron chi connectivity index (χ1n) is 4.22. The van der Waals surface area contributed by atoms with Crippen LogP contribution < -0.4 is 10.6 Å². The number of rotatable bonds is 4. The lowest BCUT2D eigenvalue weighted by atomic mass is 10.2. The highest BCUT2D eigenvalue weighted by atomic mass is 16.2. The molecule has 0 aromatic carbocycles. The smallest absolute Gasteiger partial charge is 0.321 e. The number of carbonyl (C=O) groups excluding carboxylic acids is 2. The minimum atomic E-state index is -0.434. The Balaban J connectivity index is 3.40. The van der Waals surface area contributed by atoms with E-state index in [1.165, 1.54) is 7.05 Å². The highest BCUT2D eigenvalue weighted by Gasteiger charge is 2.03. The van der Waals surface area contributed by atoms with Gasteiger partial charge in [0.25, 0.3) is 0 Å². The van der Waals surface area contributed by atoms with Gasteiger partial charge in [-0.05, 0) is 6.42 Å². The van der Waals surface area contributed by atoms with Crippen LogP contribution in [0.4, 0.5) is 4.79 Å². The lowest BCUT2D eigenvalue weighted by Gasteiger charge is -2.01. The van der Waals surface area contributed by atoms with E-state index in [-0.39, 0.29) is 5.91 Å². The number of urea groups is 1. The Morgan fingerprint density at radius 2 is 1.92 bits per heavy atom. The molecule has 0 aliphatic rings. The molecule has 0 bridgehead atoms. The monoisotopic (exact) mass is 172 g/mol. The standard InChI is InChI=1S/C8H16N2O2/c1-3-4-5-6-7(11)10-8(12)9-2/h3-6H2,1-2H3,(H2,9,10,11,12). The Bertz CT molecular complexity index is 157. The molecule has 0 aromatic rings. The minimum Gasteiger partial charge on any atom is -0.341 e. The normalized spacial score (nSPS) is 9.17. The van der Waals surface area contributed by atoms with Gasteiger partial charge in [0, 0.05) is 13.5 Å². The molecule has 0 aliphatic carbocycles. The highest BCUT2D eigenvalue weighted by molar-refractivity contribution is 5.94. The van der Waals surface area contributed by atoms with E-state index in [9.17, 15) is 9.59 Å². The summed E-state index contributed by atoms with van der Waals surface area (Å²) in [5.74, 6) is -0.206. The van der Waals surface area contributed by atoms with Gasteiger partial charge in [-0.1, -0.05) is 19.8 Å². The maximum absolute atomic E-state index is 10.9. The molecule has 0 atom stereocenters. The number of hydrogen-bond donors (Lipinski definition) is 2. The van der Waals surface area contributed by atoms with Crippen molar-refractivity contribution in [3.05, 3.63) is 0 Å².